The number of halogens is 1. The predicted molar refractivity (Wildman–Crippen MR) is 95.3 cm³/mol. The van der Waals surface area contributed by atoms with Crippen LogP contribution in [0.3, 0.4) is 0 Å². The first-order valence-corrected chi connectivity index (χ1v) is 9.26. The van der Waals surface area contributed by atoms with Gasteiger partial charge in [-0.2, -0.15) is 9.50 Å². The molecule has 0 amide bonds. The zero-order chi connectivity index (χ0) is 19.0. The Morgan fingerprint density at radius 2 is 2.11 bits per heavy atom. The van der Waals surface area contributed by atoms with Crippen LogP contribution < -0.4 is 0 Å². The van der Waals surface area contributed by atoms with Crippen LogP contribution >= 0.6 is 11.8 Å². The van der Waals surface area contributed by atoms with Crippen molar-refractivity contribution in [1.29, 1.82) is 0 Å². The molecular weight excluding hydrogens is 371 g/mol. The number of rotatable bonds is 4. The number of nitrogens with zero attached hydrogens (tertiary/aromatic N) is 4. The minimum Gasteiger partial charge on any atom is -0.468 e. The number of hydrogen-bond donors (Lipinski definition) is 0. The van der Waals surface area contributed by atoms with Gasteiger partial charge in [-0.05, 0) is 30.0 Å². The van der Waals surface area contributed by atoms with Gasteiger partial charge in [-0.3, -0.25) is 9.59 Å². The molecule has 0 radical (unpaired) electrons. The van der Waals surface area contributed by atoms with E-state index in [1.807, 2.05) is 0 Å². The molecule has 1 atom stereocenters. The average Bonchev–Trinajstić information content (AvgIpc) is 3.10. The number of esters is 1. The summed E-state index contributed by atoms with van der Waals surface area (Å²) in [4.78, 5) is 32.4. The topological polar surface area (TPSA) is 86.4 Å². The highest BCUT2D eigenvalue weighted by Gasteiger charge is 2.29. The highest BCUT2D eigenvalue weighted by atomic mass is 32.2. The molecule has 1 unspecified atom stereocenters. The minimum absolute atomic E-state index is 0.0285. The van der Waals surface area contributed by atoms with E-state index in [1.165, 1.54) is 25.4 Å². The zero-order valence-electron chi connectivity index (χ0n) is 14.4. The molecule has 1 aromatic carbocycles. The minimum atomic E-state index is -0.375. The number of hydrogen-bond acceptors (Lipinski definition) is 7. The predicted octanol–water partition coefficient (Wildman–Crippen LogP) is 2.44. The number of fused-ring (bicyclic) bond motifs is 3. The summed E-state index contributed by atoms with van der Waals surface area (Å²) in [6.07, 6.45) is 2.43. The first kappa shape index (κ1) is 17.6. The van der Waals surface area contributed by atoms with Gasteiger partial charge in [0, 0.05) is 12.6 Å². The molecule has 0 bridgehead atoms. The van der Waals surface area contributed by atoms with Crippen molar-refractivity contribution in [3.05, 3.63) is 53.1 Å². The standard InChI is InChI=1S/C18H15FN4O3S/c1-26-16(25)9-27-18-21-17-20-8-13-14(23(17)22-18)6-11(7-15(13)24)10-2-4-12(19)5-3-10/h2-5,8,11H,6-7,9H2,1H3. The Morgan fingerprint density at radius 1 is 1.33 bits per heavy atom. The van der Waals surface area contributed by atoms with Crippen molar-refractivity contribution in [2.75, 3.05) is 12.9 Å². The van der Waals surface area contributed by atoms with Gasteiger partial charge in [0.2, 0.25) is 5.16 Å². The summed E-state index contributed by atoms with van der Waals surface area (Å²) in [6, 6.07) is 6.20. The van der Waals surface area contributed by atoms with Crippen LogP contribution in [0.15, 0.2) is 35.6 Å². The summed E-state index contributed by atoms with van der Waals surface area (Å²) >= 11 is 1.14. The Balaban J connectivity index is 1.68. The Morgan fingerprint density at radius 3 is 2.85 bits per heavy atom. The van der Waals surface area contributed by atoms with E-state index < -0.39 is 0 Å². The largest absolute Gasteiger partial charge is 0.468 e. The first-order chi connectivity index (χ1) is 13.0. The number of carbonyl (C=O) groups excluding carboxylic acids is 2. The number of thioether (sulfide) groups is 1. The maximum atomic E-state index is 13.2. The number of ether oxygens (including phenoxy) is 1. The van der Waals surface area contributed by atoms with Crippen LogP contribution in [0.2, 0.25) is 0 Å². The van der Waals surface area contributed by atoms with Crippen molar-refractivity contribution in [3.8, 4) is 0 Å². The van der Waals surface area contributed by atoms with Crippen LogP contribution in [0.5, 0.6) is 0 Å². The van der Waals surface area contributed by atoms with E-state index in [1.54, 1.807) is 16.6 Å². The molecule has 0 N–H and O–H groups in total. The lowest BCUT2D eigenvalue weighted by Gasteiger charge is -2.23. The zero-order valence-corrected chi connectivity index (χ0v) is 15.2. The second-order valence-electron chi connectivity index (χ2n) is 6.17. The quantitative estimate of drug-likeness (QED) is 0.503. The SMILES string of the molecule is COC(=O)CSc1nc2ncc3c(n2n1)CC(c1ccc(F)cc1)CC3=O. The smallest absolute Gasteiger partial charge is 0.316 e. The summed E-state index contributed by atoms with van der Waals surface area (Å²) in [5.41, 5.74) is 2.15. The van der Waals surface area contributed by atoms with Gasteiger partial charge in [0.15, 0.2) is 5.78 Å². The lowest BCUT2D eigenvalue weighted by molar-refractivity contribution is -0.137. The molecule has 2 heterocycles. The number of carbonyl (C=O) groups is 2. The van der Waals surface area contributed by atoms with Crippen molar-refractivity contribution in [3.63, 3.8) is 0 Å². The van der Waals surface area contributed by atoms with Crippen LogP contribution in [0.25, 0.3) is 5.78 Å². The van der Waals surface area contributed by atoms with Gasteiger partial charge in [0.1, 0.15) is 5.82 Å². The molecular formula is C18H15FN4O3S. The molecule has 138 valence electrons. The number of Topliss-reactive ketones (excluding diaryl/α,β-unsaturated/α-hetero) is 1. The third kappa shape index (κ3) is 3.42. The maximum Gasteiger partial charge on any atom is 0.316 e. The van der Waals surface area contributed by atoms with E-state index in [0.29, 0.717) is 29.3 Å². The van der Waals surface area contributed by atoms with Gasteiger partial charge >= 0.3 is 5.97 Å². The monoisotopic (exact) mass is 386 g/mol. The molecule has 0 saturated carbocycles. The summed E-state index contributed by atoms with van der Waals surface area (Å²) in [7, 11) is 1.32. The molecule has 9 heteroatoms. The summed E-state index contributed by atoms with van der Waals surface area (Å²) in [5, 5.41) is 4.78. The van der Waals surface area contributed by atoms with Gasteiger partial charge < -0.3 is 4.74 Å². The Kier molecular flexibility index (Phi) is 4.61. The molecule has 3 aromatic rings. The lowest BCUT2D eigenvalue weighted by atomic mass is 9.82. The molecule has 0 fully saturated rings. The molecule has 2 aromatic heterocycles. The molecule has 0 spiro atoms. The summed E-state index contributed by atoms with van der Waals surface area (Å²) < 4.78 is 19.4. The van der Waals surface area contributed by atoms with E-state index in [9.17, 15) is 14.0 Å². The van der Waals surface area contributed by atoms with Gasteiger partial charge in [-0.1, -0.05) is 23.9 Å². The number of ketones is 1. The van der Waals surface area contributed by atoms with Gasteiger partial charge in [-0.25, -0.2) is 9.37 Å². The Hall–Kier alpha value is -2.81. The van der Waals surface area contributed by atoms with Crippen LogP contribution in [0.4, 0.5) is 4.39 Å². The van der Waals surface area contributed by atoms with Crippen LogP contribution in [-0.2, 0) is 16.0 Å². The second kappa shape index (κ2) is 7.07. The normalized spacial score (nSPS) is 16.4. The van der Waals surface area contributed by atoms with E-state index in [2.05, 4.69) is 19.8 Å². The first-order valence-electron chi connectivity index (χ1n) is 8.28. The van der Waals surface area contributed by atoms with Crippen molar-refractivity contribution >= 4 is 29.3 Å². The Labute approximate surface area is 158 Å². The van der Waals surface area contributed by atoms with E-state index >= 15 is 0 Å². The van der Waals surface area contributed by atoms with E-state index in [-0.39, 0.29) is 29.2 Å². The summed E-state index contributed by atoms with van der Waals surface area (Å²) in [6.45, 7) is 0. The molecule has 7 nitrogen and oxygen atoms in total. The van der Waals surface area contributed by atoms with Gasteiger partial charge in [0.25, 0.3) is 5.78 Å². The second-order valence-corrected chi connectivity index (χ2v) is 7.11. The van der Waals surface area contributed by atoms with Crippen LogP contribution in [-0.4, -0.2) is 44.2 Å². The maximum absolute atomic E-state index is 13.2. The fourth-order valence-electron chi connectivity index (χ4n) is 3.14. The molecule has 0 saturated heterocycles. The molecule has 1 aliphatic carbocycles. The third-order valence-corrected chi connectivity index (χ3v) is 5.32. The highest BCUT2D eigenvalue weighted by Crippen LogP contribution is 2.32. The average molecular weight is 386 g/mol. The van der Waals surface area contributed by atoms with Crippen LogP contribution in [0.1, 0.15) is 34.0 Å². The molecule has 1 aliphatic rings. The van der Waals surface area contributed by atoms with E-state index in [4.69, 9.17) is 0 Å². The molecule has 4 rings (SSSR count). The van der Waals surface area contributed by atoms with Crippen molar-refractivity contribution in [2.45, 2.75) is 23.9 Å². The van der Waals surface area contributed by atoms with Crippen molar-refractivity contribution < 1.29 is 18.7 Å². The number of methoxy groups -OCH3 is 1. The third-order valence-electron chi connectivity index (χ3n) is 4.51. The van der Waals surface area contributed by atoms with Crippen LogP contribution in [0, 0.1) is 5.82 Å². The van der Waals surface area contributed by atoms with Crippen molar-refractivity contribution in [1.82, 2.24) is 19.6 Å². The van der Waals surface area contributed by atoms with Crippen molar-refractivity contribution in [2.24, 2.45) is 0 Å². The van der Waals surface area contributed by atoms with Gasteiger partial charge in [0.05, 0.1) is 24.1 Å². The van der Waals surface area contributed by atoms with E-state index in [0.717, 1.165) is 23.0 Å². The number of aromatic nitrogens is 4. The fraction of sp³-hybridized carbons (Fsp3) is 0.278. The molecule has 27 heavy (non-hydrogen) atoms. The fourth-order valence-corrected chi connectivity index (χ4v) is 3.79. The van der Waals surface area contributed by atoms with Gasteiger partial charge in [-0.15, -0.1) is 5.10 Å². The highest BCUT2D eigenvalue weighted by molar-refractivity contribution is 7.99. The molecule has 0 aliphatic heterocycles. The summed E-state index contributed by atoms with van der Waals surface area (Å²) in [5.74, 6) is -0.316. The Bertz CT molecular complexity index is 1040. The lowest BCUT2D eigenvalue weighted by Crippen LogP contribution is -2.22. The number of benzene rings is 1.